The summed E-state index contributed by atoms with van der Waals surface area (Å²) in [5, 5.41) is 2.82. The van der Waals surface area contributed by atoms with Gasteiger partial charge in [-0.3, -0.25) is 9.69 Å². The molecule has 2 aliphatic heterocycles. The van der Waals surface area contributed by atoms with Crippen molar-refractivity contribution in [2.24, 2.45) is 0 Å². The zero-order valence-corrected chi connectivity index (χ0v) is 16.4. The lowest BCUT2D eigenvalue weighted by atomic mass is 9.79. The number of rotatable bonds is 0. The van der Waals surface area contributed by atoms with E-state index in [1.165, 1.54) is 0 Å². The van der Waals surface area contributed by atoms with Crippen LogP contribution in [0, 0.1) is 0 Å². The van der Waals surface area contributed by atoms with Crippen LogP contribution < -0.4 is 5.32 Å². The van der Waals surface area contributed by atoms with Crippen LogP contribution in [-0.2, 0) is 9.53 Å². The largest absolute Gasteiger partial charge is 0.342 e. The monoisotopic (exact) mass is 336 g/mol. The zero-order valence-electron chi connectivity index (χ0n) is 14.6. The molecule has 1 spiro atoms. The minimum atomic E-state index is -0.793. The molecule has 2 unspecified atom stereocenters. The molecular formula is C15H32N2O2S2. The van der Waals surface area contributed by atoms with E-state index in [4.69, 9.17) is 4.74 Å². The standard InChI is InChI=1S/C11H20N2O2S2.2C2H6/c1-7-12-8(14)10(15-7)5-9(2,3)13(4)11(16,17)6-10;2*1-2/h7,16-17H,5-6H2,1-4H3,(H,12,14);2*1-2H3. The number of carbonyl (C=O) groups is 1. The van der Waals surface area contributed by atoms with Crippen molar-refractivity contribution in [1.29, 1.82) is 0 Å². The fourth-order valence-electron chi connectivity index (χ4n) is 2.85. The van der Waals surface area contributed by atoms with Gasteiger partial charge in [0, 0.05) is 18.4 Å². The molecule has 2 aliphatic rings. The first kappa shape index (κ1) is 21.1. The van der Waals surface area contributed by atoms with Crippen molar-refractivity contribution < 1.29 is 9.53 Å². The molecule has 2 rings (SSSR count). The molecule has 1 amide bonds. The van der Waals surface area contributed by atoms with Crippen molar-refractivity contribution >= 4 is 31.2 Å². The van der Waals surface area contributed by atoms with E-state index < -0.39 is 9.80 Å². The van der Waals surface area contributed by atoms with Gasteiger partial charge in [0.05, 0.1) is 0 Å². The maximum atomic E-state index is 12.1. The molecule has 2 heterocycles. The van der Waals surface area contributed by atoms with Crippen molar-refractivity contribution in [2.75, 3.05) is 7.05 Å². The summed E-state index contributed by atoms with van der Waals surface area (Å²) in [6.45, 7) is 14.0. The van der Waals surface area contributed by atoms with Crippen molar-refractivity contribution in [1.82, 2.24) is 10.2 Å². The second-order valence-electron chi connectivity index (χ2n) is 5.73. The summed E-state index contributed by atoms with van der Waals surface area (Å²) < 4.78 is 5.19. The van der Waals surface area contributed by atoms with E-state index in [0.29, 0.717) is 12.8 Å². The molecule has 0 aromatic rings. The minimum Gasteiger partial charge on any atom is -0.342 e. The number of hydrogen-bond acceptors (Lipinski definition) is 5. The number of piperidine rings is 1. The van der Waals surface area contributed by atoms with Crippen LogP contribution in [0.1, 0.15) is 61.3 Å². The predicted octanol–water partition coefficient (Wildman–Crippen LogP) is 3.29. The van der Waals surface area contributed by atoms with E-state index in [1.54, 1.807) is 0 Å². The Balaban J connectivity index is 0.000000921. The molecule has 4 nitrogen and oxygen atoms in total. The van der Waals surface area contributed by atoms with Gasteiger partial charge in [-0.1, -0.05) is 27.7 Å². The van der Waals surface area contributed by atoms with Crippen molar-refractivity contribution in [3.63, 3.8) is 0 Å². The SMILES string of the molecule is CC.CC.CC1NC(=O)C2(CC(C)(C)N(C)C(S)(S)C2)O1. The molecule has 0 radical (unpaired) electrons. The summed E-state index contributed by atoms with van der Waals surface area (Å²) in [6.07, 6.45) is 0.886. The Morgan fingerprint density at radius 3 is 2.00 bits per heavy atom. The minimum absolute atomic E-state index is 0.0429. The molecule has 126 valence electrons. The fraction of sp³-hybridized carbons (Fsp3) is 0.933. The third-order valence-corrected chi connectivity index (χ3v) is 4.75. The molecule has 0 bridgehead atoms. The zero-order chi connectivity index (χ0) is 17.1. The summed E-state index contributed by atoms with van der Waals surface area (Å²) >= 11 is 9.15. The smallest absolute Gasteiger partial charge is 0.254 e. The summed E-state index contributed by atoms with van der Waals surface area (Å²) in [6, 6.07) is 0. The van der Waals surface area contributed by atoms with Crippen LogP contribution in [0.5, 0.6) is 0 Å². The highest BCUT2D eigenvalue weighted by molar-refractivity contribution is 8.00. The first-order chi connectivity index (χ1) is 9.59. The number of carbonyl (C=O) groups excluding carboxylic acids is 1. The molecule has 0 aromatic carbocycles. The van der Waals surface area contributed by atoms with Gasteiger partial charge in [-0.15, -0.1) is 25.3 Å². The van der Waals surface area contributed by atoms with E-state index in [0.717, 1.165) is 0 Å². The number of ether oxygens (including phenoxy) is 1. The molecule has 2 fully saturated rings. The Bertz CT molecular complexity index is 342. The van der Waals surface area contributed by atoms with Gasteiger partial charge in [0.1, 0.15) is 10.4 Å². The highest BCUT2D eigenvalue weighted by atomic mass is 32.2. The molecule has 0 aliphatic carbocycles. The van der Waals surface area contributed by atoms with Gasteiger partial charge < -0.3 is 10.1 Å². The second-order valence-corrected chi connectivity index (χ2v) is 7.56. The van der Waals surface area contributed by atoms with E-state index >= 15 is 0 Å². The third kappa shape index (κ3) is 4.30. The van der Waals surface area contributed by atoms with Gasteiger partial charge in [-0.05, 0) is 27.8 Å². The summed E-state index contributed by atoms with van der Waals surface area (Å²) in [5.74, 6) is -0.0429. The highest BCUT2D eigenvalue weighted by Gasteiger charge is 2.59. The Labute approximate surface area is 141 Å². The molecule has 0 aromatic heterocycles. The van der Waals surface area contributed by atoms with Crippen molar-refractivity contribution in [3.05, 3.63) is 0 Å². The van der Waals surface area contributed by atoms with Crippen LogP contribution in [0.15, 0.2) is 0 Å². The molecular weight excluding hydrogens is 304 g/mol. The first-order valence-electron chi connectivity index (χ1n) is 7.77. The van der Waals surface area contributed by atoms with Gasteiger partial charge in [0.25, 0.3) is 5.91 Å². The van der Waals surface area contributed by atoms with Gasteiger partial charge in [-0.25, -0.2) is 0 Å². The molecule has 6 heteroatoms. The van der Waals surface area contributed by atoms with Crippen LogP contribution >= 0.6 is 25.3 Å². The maximum absolute atomic E-state index is 12.1. The average Bonchev–Trinajstić information content (AvgIpc) is 2.64. The lowest BCUT2D eigenvalue weighted by molar-refractivity contribution is -0.150. The van der Waals surface area contributed by atoms with Crippen LogP contribution in [0.3, 0.4) is 0 Å². The van der Waals surface area contributed by atoms with Gasteiger partial charge in [0.15, 0.2) is 5.60 Å². The average molecular weight is 337 g/mol. The summed E-state index contributed by atoms with van der Waals surface area (Å²) in [4.78, 5) is 14.2. The van der Waals surface area contributed by atoms with Crippen LogP contribution in [0.2, 0.25) is 0 Å². The third-order valence-electron chi connectivity index (χ3n) is 3.84. The van der Waals surface area contributed by atoms with Gasteiger partial charge in [-0.2, -0.15) is 0 Å². The van der Waals surface area contributed by atoms with E-state index in [1.807, 2.05) is 41.7 Å². The van der Waals surface area contributed by atoms with Crippen LogP contribution in [0.25, 0.3) is 0 Å². The molecule has 2 saturated heterocycles. The lowest BCUT2D eigenvalue weighted by Crippen LogP contribution is -2.64. The van der Waals surface area contributed by atoms with Crippen LogP contribution in [-0.4, -0.2) is 39.4 Å². The Morgan fingerprint density at radius 2 is 1.67 bits per heavy atom. The first-order valence-corrected chi connectivity index (χ1v) is 8.66. The molecule has 2 atom stereocenters. The second kappa shape index (κ2) is 7.57. The molecule has 1 N–H and O–H groups in total. The number of nitrogens with one attached hydrogen (secondary N) is 1. The number of thiol groups is 2. The number of hydrogen-bond donors (Lipinski definition) is 3. The summed E-state index contributed by atoms with van der Waals surface area (Å²) in [7, 11) is 1.98. The number of amides is 1. The van der Waals surface area contributed by atoms with Gasteiger partial charge in [0.2, 0.25) is 0 Å². The topological polar surface area (TPSA) is 41.6 Å². The van der Waals surface area contributed by atoms with Crippen molar-refractivity contribution in [2.45, 2.75) is 82.9 Å². The Kier molecular flexibility index (Phi) is 7.61. The number of nitrogens with zero attached hydrogens (tertiary/aromatic N) is 1. The van der Waals surface area contributed by atoms with E-state index in [9.17, 15) is 4.79 Å². The molecule has 0 saturated carbocycles. The fourth-order valence-corrected chi connectivity index (χ4v) is 3.90. The van der Waals surface area contributed by atoms with Crippen LogP contribution in [0.4, 0.5) is 0 Å². The van der Waals surface area contributed by atoms with E-state index in [2.05, 4.69) is 49.3 Å². The van der Waals surface area contributed by atoms with Crippen molar-refractivity contribution in [3.8, 4) is 0 Å². The highest BCUT2D eigenvalue weighted by Crippen LogP contribution is 2.49. The quantitative estimate of drug-likeness (QED) is 0.470. The normalized spacial score (nSPS) is 33.4. The number of likely N-dealkylation sites (tertiary alicyclic amines) is 1. The molecule has 21 heavy (non-hydrogen) atoms. The maximum Gasteiger partial charge on any atom is 0.254 e. The lowest BCUT2D eigenvalue weighted by Gasteiger charge is -2.54. The Hall–Kier alpha value is 0.0900. The Morgan fingerprint density at radius 1 is 1.19 bits per heavy atom. The van der Waals surface area contributed by atoms with E-state index in [-0.39, 0.29) is 17.7 Å². The van der Waals surface area contributed by atoms with Gasteiger partial charge >= 0.3 is 0 Å². The summed E-state index contributed by atoms with van der Waals surface area (Å²) in [5.41, 5.74) is -0.984. The predicted molar refractivity (Wildman–Crippen MR) is 95.9 cm³/mol.